The normalized spacial score (nSPS) is 28.2. The van der Waals surface area contributed by atoms with Crippen LogP contribution in [0.3, 0.4) is 0 Å². The van der Waals surface area contributed by atoms with Crippen LogP contribution in [0.2, 0.25) is 0 Å². The maximum absolute atomic E-state index is 14.3. The predicted molar refractivity (Wildman–Crippen MR) is 135 cm³/mol. The van der Waals surface area contributed by atoms with Crippen LogP contribution in [0, 0.1) is 17.8 Å². The molecule has 2 aromatic heterocycles. The fraction of sp³-hybridized carbons (Fsp3) is 0.556. The maximum Gasteiger partial charge on any atom is 0.408 e. The van der Waals surface area contributed by atoms with Crippen LogP contribution >= 0.6 is 0 Å². The molecule has 1 unspecified atom stereocenters. The van der Waals surface area contributed by atoms with Crippen molar-refractivity contribution in [2.45, 2.75) is 62.4 Å². The topological polar surface area (TPSA) is 87.8 Å². The third kappa shape index (κ3) is 4.26. The monoisotopic (exact) mass is 566 g/mol. The summed E-state index contributed by atoms with van der Waals surface area (Å²) in [7, 11) is -1.98. The molecule has 1 saturated heterocycles. The second kappa shape index (κ2) is 8.97. The molecule has 1 aromatic carbocycles. The number of aliphatic hydroxyl groups excluding tert-OH is 1. The molecule has 0 spiro atoms. The Kier molecular flexibility index (Phi) is 6.13. The molecule has 0 amide bonds. The number of halogens is 4. The number of aromatic nitrogens is 3. The summed E-state index contributed by atoms with van der Waals surface area (Å²) in [5.74, 6) is -1.35. The Hall–Kier alpha value is -2.57. The van der Waals surface area contributed by atoms with Crippen LogP contribution in [0.5, 0.6) is 0 Å². The highest BCUT2D eigenvalue weighted by Gasteiger charge is 2.57. The molecule has 6 rings (SSSR count). The van der Waals surface area contributed by atoms with Gasteiger partial charge in [-0.2, -0.15) is 17.6 Å². The number of hydrogen-bond acceptors (Lipinski definition) is 6. The minimum atomic E-state index is -4.66. The first-order valence-electron chi connectivity index (χ1n) is 13.1. The number of sulfone groups is 1. The smallest absolute Gasteiger partial charge is 0.378 e. The lowest BCUT2D eigenvalue weighted by atomic mass is 9.59. The van der Waals surface area contributed by atoms with E-state index in [1.165, 1.54) is 25.2 Å². The molecule has 1 N–H and O–H groups in total. The minimum Gasteiger partial charge on any atom is -0.378 e. The molecule has 3 aliphatic rings. The maximum atomic E-state index is 14.3. The number of nitrogens with zero attached hydrogens (tertiary/aromatic N) is 4. The number of alkyl halides is 3. The van der Waals surface area contributed by atoms with Gasteiger partial charge in [0.25, 0.3) is 0 Å². The summed E-state index contributed by atoms with van der Waals surface area (Å²) < 4.78 is 82.0. The van der Waals surface area contributed by atoms with Crippen molar-refractivity contribution < 1.29 is 31.1 Å². The molecule has 3 aromatic rings. The first kappa shape index (κ1) is 26.6. The van der Waals surface area contributed by atoms with E-state index < -0.39 is 40.1 Å². The van der Waals surface area contributed by atoms with Crippen molar-refractivity contribution in [3.63, 3.8) is 0 Å². The number of rotatable bonds is 5. The first-order valence-corrected chi connectivity index (χ1v) is 14.9. The van der Waals surface area contributed by atoms with Crippen LogP contribution in [0.1, 0.15) is 67.0 Å². The minimum absolute atomic E-state index is 0.00598. The summed E-state index contributed by atoms with van der Waals surface area (Å²) in [6.45, 7) is 2.12. The molecule has 0 radical (unpaired) electrons. The third-order valence-electron chi connectivity index (χ3n) is 9.32. The number of benzene rings is 1. The highest BCUT2D eigenvalue weighted by Crippen LogP contribution is 2.63. The van der Waals surface area contributed by atoms with Crippen molar-refractivity contribution in [1.29, 1.82) is 0 Å². The van der Waals surface area contributed by atoms with Crippen molar-refractivity contribution in [1.82, 2.24) is 19.5 Å². The highest BCUT2D eigenvalue weighted by atomic mass is 32.2. The van der Waals surface area contributed by atoms with Crippen molar-refractivity contribution in [3.05, 3.63) is 64.9 Å². The van der Waals surface area contributed by atoms with E-state index in [4.69, 9.17) is 0 Å². The molecule has 1 saturated carbocycles. The van der Waals surface area contributed by atoms with E-state index >= 15 is 0 Å². The molecule has 3 heterocycles. The average Bonchev–Trinajstić information content (AvgIpc) is 3.31. The van der Waals surface area contributed by atoms with Gasteiger partial charge < -0.3 is 5.11 Å². The van der Waals surface area contributed by atoms with E-state index in [0.717, 1.165) is 34.6 Å². The van der Waals surface area contributed by atoms with Gasteiger partial charge in [0.1, 0.15) is 22.1 Å². The zero-order valence-corrected chi connectivity index (χ0v) is 22.4. The van der Waals surface area contributed by atoms with Crippen molar-refractivity contribution in [3.8, 4) is 0 Å². The van der Waals surface area contributed by atoms with Gasteiger partial charge in [0, 0.05) is 35.1 Å². The fourth-order valence-electron chi connectivity index (χ4n) is 7.15. The number of aliphatic hydroxyl groups is 1. The largest absolute Gasteiger partial charge is 0.408 e. The van der Waals surface area contributed by atoms with Crippen LogP contribution in [0.25, 0.3) is 5.65 Å². The Balaban J connectivity index is 1.31. The molecule has 2 aliphatic carbocycles. The van der Waals surface area contributed by atoms with E-state index in [0.29, 0.717) is 5.65 Å². The number of hydrogen-bond donors (Lipinski definition) is 1. The summed E-state index contributed by atoms with van der Waals surface area (Å²) >= 11 is 0. The molecule has 12 heteroatoms. The SMILES string of the molecule is CN(C(O)C1CCS(=O)(=O)CC1)[C@@H](c1ccc([C@H]2c3cnc4cc(F)nn4c3[C@@]3(C)CC[C@H]23)cc1)C(F)(F)F. The summed E-state index contributed by atoms with van der Waals surface area (Å²) in [5, 5.41) is 14.8. The van der Waals surface area contributed by atoms with E-state index in [-0.39, 0.29) is 47.2 Å². The summed E-state index contributed by atoms with van der Waals surface area (Å²) in [5.41, 5.74) is 2.87. The van der Waals surface area contributed by atoms with Crippen LogP contribution in [0.4, 0.5) is 17.6 Å². The number of fused-ring (bicyclic) bond motifs is 5. The van der Waals surface area contributed by atoms with Gasteiger partial charge >= 0.3 is 6.18 Å². The van der Waals surface area contributed by atoms with Crippen LogP contribution in [0.15, 0.2) is 36.5 Å². The van der Waals surface area contributed by atoms with Crippen molar-refractivity contribution in [2.24, 2.45) is 11.8 Å². The second-order valence-corrected chi connectivity index (χ2v) is 13.8. The lowest BCUT2D eigenvalue weighted by molar-refractivity contribution is -0.209. The molecule has 7 nitrogen and oxygen atoms in total. The van der Waals surface area contributed by atoms with Gasteiger partial charge in [-0.1, -0.05) is 31.2 Å². The molecule has 210 valence electrons. The summed E-state index contributed by atoms with van der Waals surface area (Å²) in [6, 6.07) is 5.54. The van der Waals surface area contributed by atoms with Crippen molar-refractivity contribution in [2.75, 3.05) is 18.6 Å². The Morgan fingerprint density at radius 3 is 2.41 bits per heavy atom. The standard InChI is InChI=1S/C27H30F4N4O3S/c1-26-10-7-19(26)22(18-14-32-21-13-20(28)33-35(21)24(18)26)15-3-5-16(6-4-15)23(27(29,30)31)34(2)25(36)17-8-11-39(37,38)12-9-17/h3-6,13-14,17,19,22-23,25,36H,7-12H2,1-2H3/t19-,22+,23+,25?,26+/m1/s1. The fourth-order valence-corrected chi connectivity index (χ4v) is 8.68. The van der Waals surface area contributed by atoms with Gasteiger partial charge in [-0.05, 0) is 49.8 Å². The lowest BCUT2D eigenvalue weighted by Crippen LogP contribution is -2.47. The van der Waals surface area contributed by atoms with Gasteiger partial charge in [0.05, 0.1) is 17.2 Å². The molecule has 39 heavy (non-hydrogen) atoms. The molecule has 2 fully saturated rings. The Bertz CT molecular complexity index is 1510. The predicted octanol–water partition coefficient (Wildman–Crippen LogP) is 4.36. The zero-order chi connectivity index (χ0) is 27.9. The molecule has 1 aliphatic heterocycles. The Morgan fingerprint density at radius 1 is 1.15 bits per heavy atom. The lowest BCUT2D eigenvalue weighted by Gasteiger charge is -2.44. The van der Waals surface area contributed by atoms with Crippen LogP contribution < -0.4 is 0 Å². The van der Waals surface area contributed by atoms with Gasteiger partial charge in [-0.3, -0.25) is 4.90 Å². The third-order valence-corrected chi connectivity index (χ3v) is 11.0. The van der Waals surface area contributed by atoms with E-state index in [2.05, 4.69) is 17.0 Å². The molecule has 0 bridgehead atoms. The Morgan fingerprint density at radius 2 is 1.82 bits per heavy atom. The van der Waals surface area contributed by atoms with Gasteiger partial charge in [-0.25, -0.2) is 17.9 Å². The average molecular weight is 567 g/mol. The van der Waals surface area contributed by atoms with Crippen LogP contribution in [-0.4, -0.2) is 64.0 Å². The first-order chi connectivity index (χ1) is 18.3. The van der Waals surface area contributed by atoms with Crippen molar-refractivity contribution >= 4 is 15.5 Å². The molecule has 5 atom stereocenters. The molecular formula is C27H30F4N4O3S. The van der Waals surface area contributed by atoms with Gasteiger partial charge in [0.2, 0.25) is 5.95 Å². The van der Waals surface area contributed by atoms with E-state index in [1.807, 2.05) is 0 Å². The summed E-state index contributed by atoms with van der Waals surface area (Å²) in [6.07, 6.45) is -2.28. The van der Waals surface area contributed by atoms with E-state index in [1.54, 1.807) is 22.8 Å². The molecular weight excluding hydrogens is 536 g/mol. The Labute approximate surface area is 223 Å². The van der Waals surface area contributed by atoms with Gasteiger partial charge in [-0.15, -0.1) is 5.10 Å². The zero-order valence-electron chi connectivity index (χ0n) is 21.6. The summed E-state index contributed by atoms with van der Waals surface area (Å²) in [4.78, 5) is 5.29. The van der Waals surface area contributed by atoms with E-state index in [9.17, 15) is 31.1 Å². The quantitative estimate of drug-likeness (QED) is 0.365. The van der Waals surface area contributed by atoms with Crippen LogP contribution in [-0.2, 0) is 15.3 Å². The highest BCUT2D eigenvalue weighted by molar-refractivity contribution is 7.91. The van der Waals surface area contributed by atoms with Gasteiger partial charge in [0.15, 0.2) is 5.65 Å². The second-order valence-electron chi connectivity index (χ2n) is 11.5.